The standard InChI is InChI=1S/C18H29N5O2/c1-12(2)11-16(24)22-9-6-14(7-10-22)18(25)23-8-4-5-15(23)17-19-13(3)20-21-17/h12,14-15H,4-11H2,1-3H3,(H,19,20,21)/t15-/m0/s1. The molecule has 1 atom stereocenters. The highest BCUT2D eigenvalue weighted by Crippen LogP contribution is 2.33. The Labute approximate surface area is 149 Å². The highest BCUT2D eigenvalue weighted by atomic mass is 16.2. The van der Waals surface area contributed by atoms with Gasteiger partial charge in [-0.2, -0.15) is 5.10 Å². The number of amides is 2. The molecule has 7 nitrogen and oxygen atoms in total. The average Bonchev–Trinajstić information content (AvgIpc) is 3.22. The van der Waals surface area contributed by atoms with Crippen LogP contribution >= 0.6 is 0 Å². The van der Waals surface area contributed by atoms with Gasteiger partial charge in [0.2, 0.25) is 11.8 Å². The van der Waals surface area contributed by atoms with Crippen LogP contribution in [-0.2, 0) is 9.59 Å². The maximum atomic E-state index is 13.0. The molecule has 2 aliphatic heterocycles. The van der Waals surface area contributed by atoms with Crippen LogP contribution in [0.4, 0.5) is 0 Å². The van der Waals surface area contributed by atoms with Gasteiger partial charge in [-0.3, -0.25) is 14.7 Å². The highest BCUT2D eigenvalue weighted by Gasteiger charge is 2.37. The number of likely N-dealkylation sites (tertiary alicyclic amines) is 2. The second kappa shape index (κ2) is 7.54. The Morgan fingerprint density at radius 3 is 2.52 bits per heavy atom. The molecule has 1 N–H and O–H groups in total. The molecule has 2 fully saturated rings. The third-order valence-corrected chi connectivity index (χ3v) is 5.23. The van der Waals surface area contributed by atoms with Crippen LogP contribution in [0, 0.1) is 18.8 Å². The molecule has 0 radical (unpaired) electrons. The van der Waals surface area contributed by atoms with Gasteiger partial charge in [-0.1, -0.05) is 13.8 Å². The van der Waals surface area contributed by atoms with Crippen LogP contribution < -0.4 is 0 Å². The molecule has 25 heavy (non-hydrogen) atoms. The number of nitrogens with zero attached hydrogens (tertiary/aromatic N) is 4. The Bertz CT molecular complexity index is 619. The number of carbonyl (C=O) groups excluding carboxylic acids is 2. The van der Waals surface area contributed by atoms with Crippen LogP contribution in [0.2, 0.25) is 0 Å². The first-order valence-electron chi connectivity index (χ1n) is 9.43. The smallest absolute Gasteiger partial charge is 0.226 e. The van der Waals surface area contributed by atoms with E-state index in [1.54, 1.807) is 0 Å². The summed E-state index contributed by atoms with van der Waals surface area (Å²) in [6.07, 6.45) is 4.04. The van der Waals surface area contributed by atoms with Crippen molar-refractivity contribution in [1.29, 1.82) is 0 Å². The summed E-state index contributed by atoms with van der Waals surface area (Å²) in [5.41, 5.74) is 0. The van der Waals surface area contributed by atoms with Crippen molar-refractivity contribution in [2.75, 3.05) is 19.6 Å². The fourth-order valence-corrected chi connectivity index (χ4v) is 3.90. The fraction of sp³-hybridized carbons (Fsp3) is 0.778. The lowest BCUT2D eigenvalue weighted by Crippen LogP contribution is -2.44. The Balaban J connectivity index is 1.58. The largest absolute Gasteiger partial charge is 0.343 e. The summed E-state index contributed by atoms with van der Waals surface area (Å²) in [7, 11) is 0. The molecule has 0 unspecified atom stereocenters. The molecule has 138 valence electrons. The van der Waals surface area contributed by atoms with Crippen LogP contribution in [0.25, 0.3) is 0 Å². The van der Waals surface area contributed by atoms with Crippen molar-refractivity contribution in [3.8, 4) is 0 Å². The van der Waals surface area contributed by atoms with Gasteiger partial charge in [-0.15, -0.1) is 0 Å². The minimum absolute atomic E-state index is 0.00180. The van der Waals surface area contributed by atoms with Crippen LogP contribution in [0.3, 0.4) is 0 Å². The number of H-pyrrole nitrogens is 1. The number of aryl methyl sites for hydroxylation is 1. The number of hydrogen-bond donors (Lipinski definition) is 1. The normalized spacial score (nSPS) is 22.0. The van der Waals surface area contributed by atoms with Gasteiger partial charge in [0.25, 0.3) is 0 Å². The lowest BCUT2D eigenvalue weighted by molar-refractivity contribution is -0.141. The van der Waals surface area contributed by atoms with E-state index in [1.165, 1.54) is 0 Å². The van der Waals surface area contributed by atoms with Crippen LogP contribution in [0.5, 0.6) is 0 Å². The Kier molecular flexibility index (Phi) is 5.39. The quantitative estimate of drug-likeness (QED) is 0.904. The van der Waals surface area contributed by atoms with Crippen molar-refractivity contribution in [3.63, 3.8) is 0 Å². The zero-order valence-electron chi connectivity index (χ0n) is 15.5. The molecule has 0 saturated carbocycles. The van der Waals surface area contributed by atoms with Crippen LogP contribution in [0.1, 0.15) is 63.6 Å². The van der Waals surface area contributed by atoms with Gasteiger partial charge in [0.05, 0.1) is 6.04 Å². The number of carbonyl (C=O) groups is 2. The van der Waals surface area contributed by atoms with Gasteiger partial charge in [-0.05, 0) is 38.5 Å². The van der Waals surface area contributed by atoms with Gasteiger partial charge in [-0.25, -0.2) is 4.98 Å². The van der Waals surface area contributed by atoms with Crippen LogP contribution in [0.15, 0.2) is 0 Å². The second-order valence-corrected chi connectivity index (χ2v) is 7.72. The summed E-state index contributed by atoms with van der Waals surface area (Å²) >= 11 is 0. The molecular weight excluding hydrogens is 318 g/mol. The van der Waals surface area contributed by atoms with E-state index in [0.717, 1.165) is 43.9 Å². The van der Waals surface area contributed by atoms with Crippen molar-refractivity contribution in [2.45, 2.75) is 58.9 Å². The maximum absolute atomic E-state index is 13.0. The van der Waals surface area contributed by atoms with E-state index < -0.39 is 0 Å². The monoisotopic (exact) mass is 347 g/mol. The zero-order chi connectivity index (χ0) is 18.0. The lowest BCUT2D eigenvalue weighted by atomic mass is 9.94. The number of hydrogen-bond acceptors (Lipinski definition) is 4. The van der Waals surface area contributed by atoms with E-state index in [1.807, 2.05) is 16.7 Å². The number of nitrogens with one attached hydrogen (secondary N) is 1. The first-order valence-corrected chi connectivity index (χ1v) is 9.43. The van der Waals surface area contributed by atoms with Gasteiger partial charge in [0.1, 0.15) is 5.82 Å². The third kappa shape index (κ3) is 4.02. The summed E-state index contributed by atoms with van der Waals surface area (Å²) in [5.74, 6) is 2.34. The highest BCUT2D eigenvalue weighted by molar-refractivity contribution is 5.80. The van der Waals surface area contributed by atoms with Gasteiger partial charge < -0.3 is 9.80 Å². The average molecular weight is 347 g/mol. The van der Waals surface area contributed by atoms with Crippen molar-refractivity contribution >= 4 is 11.8 Å². The summed E-state index contributed by atoms with van der Waals surface area (Å²) in [5, 5.41) is 7.13. The molecule has 1 aromatic heterocycles. The Morgan fingerprint density at radius 1 is 1.20 bits per heavy atom. The van der Waals surface area contributed by atoms with E-state index in [4.69, 9.17) is 0 Å². The van der Waals surface area contributed by atoms with E-state index in [2.05, 4.69) is 29.0 Å². The topological polar surface area (TPSA) is 82.2 Å². The molecule has 0 spiro atoms. The van der Waals surface area contributed by atoms with Gasteiger partial charge in [0.15, 0.2) is 5.82 Å². The Hall–Kier alpha value is -1.92. The number of piperidine rings is 1. The zero-order valence-corrected chi connectivity index (χ0v) is 15.5. The number of aromatic nitrogens is 3. The second-order valence-electron chi connectivity index (χ2n) is 7.72. The molecule has 2 saturated heterocycles. The maximum Gasteiger partial charge on any atom is 0.226 e. The molecule has 3 heterocycles. The summed E-state index contributed by atoms with van der Waals surface area (Å²) in [4.78, 5) is 33.5. The molecule has 7 heteroatoms. The lowest BCUT2D eigenvalue weighted by Gasteiger charge is -2.34. The minimum Gasteiger partial charge on any atom is -0.343 e. The van der Waals surface area contributed by atoms with Crippen molar-refractivity contribution in [3.05, 3.63) is 11.6 Å². The summed E-state index contributed by atoms with van der Waals surface area (Å²) < 4.78 is 0. The Morgan fingerprint density at radius 2 is 1.92 bits per heavy atom. The van der Waals surface area contributed by atoms with Crippen LogP contribution in [-0.4, -0.2) is 56.4 Å². The van der Waals surface area contributed by atoms with Crippen molar-refractivity contribution < 1.29 is 9.59 Å². The summed E-state index contributed by atoms with van der Waals surface area (Å²) in [6.45, 7) is 8.17. The van der Waals surface area contributed by atoms with Crippen molar-refractivity contribution in [2.24, 2.45) is 11.8 Å². The third-order valence-electron chi connectivity index (χ3n) is 5.23. The van der Waals surface area contributed by atoms with Gasteiger partial charge >= 0.3 is 0 Å². The molecule has 0 bridgehead atoms. The number of rotatable bonds is 4. The molecule has 0 aromatic carbocycles. The van der Waals surface area contributed by atoms with E-state index in [-0.39, 0.29) is 23.8 Å². The van der Waals surface area contributed by atoms with Gasteiger partial charge in [0, 0.05) is 32.0 Å². The first-order chi connectivity index (χ1) is 12.0. The van der Waals surface area contributed by atoms with E-state index >= 15 is 0 Å². The predicted molar refractivity (Wildman–Crippen MR) is 93.6 cm³/mol. The predicted octanol–water partition coefficient (Wildman–Crippen LogP) is 2.06. The number of aromatic amines is 1. The SMILES string of the molecule is Cc1nc([C@@H]2CCCN2C(=O)C2CCN(C(=O)CC(C)C)CC2)n[nH]1. The van der Waals surface area contributed by atoms with Crippen molar-refractivity contribution in [1.82, 2.24) is 25.0 Å². The molecule has 2 aliphatic rings. The van der Waals surface area contributed by atoms with E-state index in [0.29, 0.717) is 25.4 Å². The molecular formula is C18H29N5O2. The molecule has 3 rings (SSSR count). The first kappa shape index (κ1) is 17.9. The van der Waals surface area contributed by atoms with E-state index in [9.17, 15) is 9.59 Å². The molecule has 0 aliphatic carbocycles. The summed E-state index contributed by atoms with van der Waals surface area (Å²) in [6, 6.07) is -0.00180. The fourth-order valence-electron chi connectivity index (χ4n) is 3.90. The molecule has 2 amide bonds. The minimum atomic E-state index is -0.00180. The molecule has 1 aromatic rings.